The Morgan fingerprint density at radius 2 is 2.24 bits per heavy atom. The molecule has 0 aliphatic rings. The second-order valence-electron chi connectivity index (χ2n) is 4.04. The van der Waals surface area contributed by atoms with Gasteiger partial charge in [-0.25, -0.2) is 0 Å². The number of nitrogens with zero attached hydrogens (tertiary/aromatic N) is 2. The van der Waals surface area contributed by atoms with Crippen molar-refractivity contribution >= 4 is 0 Å². The molecule has 0 aromatic carbocycles. The van der Waals surface area contributed by atoms with E-state index in [9.17, 15) is 0 Å². The van der Waals surface area contributed by atoms with E-state index in [2.05, 4.69) is 5.10 Å². The zero-order valence-corrected chi connectivity index (χ0v) is 10.4. The summed E-state index contributed by atoms with van der Waals surface area (Å²) in [4.78, 5) is 0. The molecule has 0 fully saturated rings. The summed E-state index contributed by atoms with van der Waals surface area (Å²) in [5.41, 5.74) is 8.38. The monoisotopic (exact) mass is 235 g/mol. The van der Waals surface area contributed by atoms with Crippen LogP contribution in [0.1, 0.15) is 22.7 Å². The molecule has 0 atom stereocenters. The Hall–Kier alpha value is -1.75. The topological polar surface area (TPSA) is 66.2 Å². The van der Waals surface area contributed by atoms with Crippen molar-refractivity contribution in [3.05, 3.63) is 35.0 Å². The lowest BCUT2D eigenvalue weighted by molar-refractivity contribution is 0.267. The van der Waals surface area contributed by atoms with Gasteiger partial charge in [-0.2, -0.15) is 5.10 Å². The zero-order chi connectivity index (χ0) is 12.4. The highest BCUT2D eigenvalue weighted by molar-refractivity contribution is 5.31. The second kappa shape index (κ2) is 4.63. The fraction of sp³-hybridized carbons (Fsp3) is 0.417. The molecule has 2 N–H and O–H groups in total. The van der Waals surface area contributed by atoms with E-state index in [0.29, 0.717) is 13.2 Å². The van der Waals surface area contributed by atoms with Crippen LogP contribution in [-0.4, -0.2) is 9.78 Å². The van der Waals surface area contributed by atoms with Gasteiger partial charge in [0.1, 0.15) is 18.1 Å². The van der Waals surface area contributed by atoms with Gasteiger partial charge in [-0.05, 0) is 19.9 Å². The van der Waals surface area contributed by atoms with Crippen molar-refractivity contribution in [2.45, 2.75) is 27.0 Å². The average molecular weight is 235 g/mol. The van der Waals surface area contributed by atoms with Crippen molar-refractivity contribution in [3.63, 3.8) is 0 Å². The summed E-state index contributed by atoms with van der Waals surface area (Å²) in [5, 5.41) is 4.29. The standard InChI is InChI=1S/C12H17N3O2/c1-8-12(9(2)15(3)14-8)17-7-11-4-10(5-13)6-16-11/h4,6H,5,7,13H2,1-3H3. The minimum absolute atomic E-state index is 0.396. The molecule has 0 radical (unpaired) electrons. The number of hydrogen-bond donors (Lipinski definition) is 1. The average Bonchev–Trinajstić information content (AvgIpc) is 2.84. The number of ether oxygens (including phenoxy) is 1. The van der Waals surface area contributed by atoms with Gasteiger partial charge in [0.25, 0.3) is 0 Å². The molecule has 0 saturated heterocycles. The van der Waals surface area contributed by atoms with E-state index >= 15 is 0 Å². The number of hydrogen-bond acceptors (Lipinski definition) is 4. The van der Waals surface area contributed by atoms with E-state index in [1.54, 1.807) is 10.9 Å². The van der Waals surface area contributed by atoms with Gasteiger partial charge in [0.2, 0.25) is 0 Å². The molecule has 0 bridgehead atoms. The summed E-state index contributed by atoms with van der Waals surface area (Å²) in [6, 6.07) is 1.90. The first-order valence-corrected chi connectivity index (χ1v) is 5.51. The quantitative estimate of drug-likeness (QED) is 0.875. The maximum absolute atomic E-state index is 5.71. The first-order chi connectivity index (χ1) is 8.11. The van der Waals surface area contributed by atoms with Gasteiger partial charge in [-0.3, -0.25) is 4.68 Å². The molecule has 0 amide bonds. The summed E-state index contributed by atoms with van der Waals surface area (Å²) in [6.45, 7) is 4.78. The Bertz CT molecular complexity index is 514. The van der Waals surface area contributed by atoms with Crippen LogP contribution in [0.15, 0.2) is 16.7 Å². The Labute approximate surface area is 100 Å². The van der Waals surface area contributed by atoms with Crippen LogP contribution in [0.4, 0.5) is 0 Å². The molecule has 2 aromatic rings. The summed E-state index contributed by atoms with van der Waals surface area (Å²) in [5.74, 6) is 1.59. The van der Waals surface area contributed by atoms with E-state index in [1.807, 2.05) is 27.0 Å². The van der Waals surface area contributed by atoms with Crippen LogP contribution in [0.5, 0.6) is 5.75 Å². The van der Waals surface area contributed by atoms with Gasteiger partial charge in [0.05, 0.1) is 12.0 Å². The molecule has 17 heavy (non-hydrogen) atoms. The Morgan fingerprint density at radius 3 is 2.76 bits per heavy atom. The van der Waals surface area contributed by atoms with Crippen LogP contribution in [0.25, 0.3) is 0 Å². The fourth-order valence-corrected chi connectivity index (χ4v) is 1.72. The molecule has 5 nitrogen and oxygen atoms in total. The van der Waals surface area contributed by atoms with Crippen LogP contribution in [0, 0.1) is 13.8 Å². The number of rotatable bonds is 4. The van der Waals surface area contributed by atoms with Crippen LogP contribution in [0.2, 0.25) is 0 Å². The maximum atomic E-state index is 5.71. The predicted molar refractivity (Wildman–Crippen MR) is 63.6 cm³/mol. The van der Waals surface area contributed by atoms with Crippen molar-refractivity contribution in [1.29, 1.82) is 0 Å². The molecular formula is C12H17N3O2. The van der Waals surface area contributed by atoms with E-state index in [4.69, 9.17) is 14.9 Å². The predicted octanol–water partition coefficient (Wildman–Crippen LogP) is 1.67. The van der Waals surface area contributed by atoms with E-state index in [0.717, 1.165) is 28.5 Å². The Balaban J connectivity index is 2.07. The number of aryl methyl sites for hydroxylation is 2. The highest BCUT2D eigenvalue weighted by Crippen LogP contribution is 2.22. The third-order valence-electron chi connectivity index (χ3n) is 2.75. The van der Waals surface area contributed by atoms with Gasteiger partial charge in [0.15, 0.2) is 5.75 Å². The van der Waals surface area contributed by atoms with Crippen molar-refractivity contribution in [2.75, 3.05) is 0 Å². The molecule has 2 heterocycles. The molecular weight excluding hydrogens is 218 g/mol. The highest BCUT2D eigenvalue weighted by Gasteiger charge is 2.11. The smallest absolute Gasteiger partial charge is 0.163 e. The minimum atomic E-state index is 0.396. The van der Waals surface area contributed by atoms with E-state index in [-0.39, 0.29) is 0 Å². The Kier molecular flexibility index (Phi) is 3.19. The van der Waals surface area contributed by atoms with E-state index in [1.165, 1.54) is 0 Å². The van der Waals surface area contributed by atoms with Crippen LogP contribution < -0.4 is 10.5 Å². The van der Waals surface area contributed by atoms with Crippen LogP contribution >= 0.6 is 0 Å². The lowest BCUT2D eigenvalue weighted by Crippen LogP contribution is -1.97. The number of furan rings is 1. The molecule has 0 aliphatic carbocycles. The van der Waals surface area contributed by atoms with Crippen molar-refractivity contribution in [3.8, 4) is 5.75 Å². The van der Waals surface area contributed by atoms with Crippen LogP contribution in [-0.2, 0) is 20.2 Å². The third-order valence-corrected chi connectivity index (χ3v) is 2.75. The largest absolute Gasteiger partial charge is 0.482 e. The van der Waals surface area contributed by atoms with Crippen LogP contribution in [0.3, 0.4) is 0 Å². The lowest BCUT2D eigenvalue weighted by atomic mass is 10.3. The normalized spacial score (nSPS) is 10.8. The summed E-state index contributed by atoms with van der Waals surface area (Å²) in [7, 11) is 1.90. The van der Waals surface area contributed by atoms with Gasteiger partial charge >= 0.3 is 0 Å². The van der Waals surface area contributed by atoms with E-state index < -0.39 is 0 Å². The first-order valence-electron chi connectivity index (χ1n) is 5.51. The Morgan fingerprint density at radius 1 is 1.47 bits per heavy atom. The highest BCUT2D eigenvalue weighted by atomic mass is 16.5. The molecule has 0 saturated carbocycles. The van der Waals surface area contributed by atoms with Crippen molar-refractivity contribution in [1.82, 2.24) is 9.78 Å². The molecule has 0 spiro atoms. The minimum Gasteiger partial charge on any atom is -0.482 e. The number of nitrogens with two attached hydrogens (primary N) is 1. The summed E-state index contributed by atoms with van der Waals surface area (Å²) < 4.78 is 12.8. The maximum Gasteiger partial charge on any atom is 0.163 e. The van der Waals surface area contributed by atoms with Crippen molar-refractivity contribution < 1.29 is 9.15 Å². The molecule has 2 aromatic heterocycles. The summed E-state index contributed by atoms with van der Waals surface area (Å²) in [6.07, 6.45) is 1.65. The SMILES string of the molecule is Cc1nn(C)c(C)c1OCc1cc(CN)co1. The molecule has 0 aliphatic heterocycles. The zero-order valence-electron chi connectivity index (χ0n) is 10.4. The third kappa shape index (κ3) is 2.34. The molecule has 92 valence electrons. The molecule has 2 rings (SSSR count). The van der Waals surface area contributed by atoms with Gasteiger partial charge in [-0.15, -0.1) is 0 Å². The first kappa shape index (κ1) is 11.7. The van der Waals surface area contributed by atoms with Gasteiger partial charge < -0.3 is 14.9 Å². The second-order valence-corrected chi connectivity index (χ2v) is 4.04. The summed E-state index contributed by atoms with van der Waals surface area (Å²) >= 11 is 0. The molecule has 5 heteroatoms. The molecule has 0 unspecified atom stereocenters. The van der Waals surface area contributed by atoms with Gasteiger partial charge in [0, 0.05) is 19.2 Å². The fourth-order valence-electron chi connectivity index (χ4n) is 1.72. The lowest BCUT2D eigenvalue weighted by Gasteiger charge is -2.03. The van der Waals surface area contributed by atoms with Crippen molar-refractivity contribution in [2.24, 2.45) is 12.8 Å². The van der Waals surface area contributed by atoms with Gasteiger partial charge in [-0.1, -0.05) is 0 Å². The number of aromatic nitrogens is 2.